The van der Waals surface area contributed by atoms with Crippen LogP contribution in [0.3, 0.4) is 0 Å². The number of carbonyl (C=O) groups excluding carboxylic acids is 1. The number of hydrogen-bond donors (Lipinski definition) is 0. The Balaban J connectivity index is 1.87. The summed E-state index contributed by atoms with van der Waals surface area (Å²) in [7, 11) is 0. The Hall–Kier alpha value is -0.330. The molecule has 1 nitrogen and oxygen atoms in total. The maximum Gasteiger partial charge on any atom is 0.139 e. The zero-order valence-electron chi connectivity index (χ0n) is 19.0. The van der Waals surface area contributed by atoms with Crippen LogP contribution in [-0.4, -0.2) is 5.78 Å². The summed E-state index contributed by atoms with van der Waals surface area (Å²) in [6, 6.07) is 0. The van der Waals surface area contributed by atoms with Crippen LogP contribution in [0.5, 0.6) is 0 Å². The minimum Gasteiger partial charge on any atom is -0.299 e. The Bertz CT molecular complexity index is 312. The van der Waals surface area contributed by atoms with E-state index in [1.165, 1.54) is 154 Å². The van der Waals surface area contributed by atoms with Gasteiger partial charge >= 0.3 is 0 Å². The van der Waals surface area contributed by atoms with Gasteiger partial charge in [-0.15, -0.1) is 0 Å². The summed E-state index contributed by atoms with van der Waals surface area (Å²) in [6.45, 7) is 0. The van der Waals surface area contributed by atoms with E-state index in [-0.39, 0.29) is 0 Å². The minimum atomic E-state index is 0.390. The van der Waals surface area contributed by atoms with Crippen LogP contribution in [0.1, 0.15) is 154 Å². The van der Waals surface area contributed by atoms with Crippen LogP contribution in [0.25, 0.3) is 0 Å². The second kappa shape index (κ2) is 16.5. The molecule has 2 aliphatic carbocycles. The van der Waals surface area contributed by atoms with Gasteiger partial charge in [0.05, 0.1) is 0 Å². The van der Waals surface area contributed by atoms with E-state index in [2.05, 4.69) is 0 Å². The van der Waals surface area contributed by atoms with E-state index in [1.54, 1.807) is 0 Å². The molecule has 0 aromatic rings. The fourth-order valence-electron chi connectivity index (χ4n) is 5.58. The normalized spacial score (nSPS) is 25.1. The van der Waals surface area contributed by atoms with Crippen molar-refractivity contribution >= 4 is 5.78 Å². The molecule has 0 aliphatic heterocycles. The van der Waals surface area contributed by atoms with Crippen molar-refractivity contribution in [1.82, 2.24) is 0 Å². The Morgan fingerprint density at radius 3 is 0.714 bits per heavy atom. The second-order valence-electron chi connectivity index (χ2n) is 10.0. The molecule has 2 saturated carbocycles. The Kier molecular flexibility index (Phi) is 14.1. The van der Waals surface area contributed by atoms with Crippen LogP contribution in [0, 0.1) is 11.8 Å². The van der Waals surface area contributed by atoms with Gasteiger partial charge in [-0.3, -0.25) is 4.79 Å². The van der Waals surface area contributed by atoms with Crippen LogP contribution >= 0.6 is 0 Å². The van der Waals surface area contributed by atoms with E-state index in [4.69, 9.17) is 0 Å². The van der Waals surface area contributed by atoms with E-state index in [9.17, 15) is 4.79 Å². The van der Waals surface area contributed by atoms with Crippen LogP contribution in [0.4, 0.5) is 0 Å². The number of ketones is 1. The van der Waals surface area contributed by atoms with Crippen molar-refractivity contribution in [1.29, 1.82) is 0 Å². The standard InChI is InChI=1S/C27H50O/c28-27(25-21-17-13-9-5-1-2-6-10-14-18-22-25)26-23-19-15-11-7-3-4-8-12-16-20-24-26/h25-26H,1-24H2. The molecule has 2 fully saturated rings. The Morgan fingerprint density at radius 1 is 0.321 bits per heavy atom. The van der Waals surface area contributed by atoms with Gasteiger partial charge in [0.1, 0.15) is 5.78 Å². The third-order valence-electron chi connectivity index (χ3n) is 7.52. The van der Waals surface area contributed by atoms with Crippen LogP contribution in [-0.2, 0) is 4.79 Å². The van der Waals surface area contributed by atoms with Crippen molar-refractivity contribution < 1.29 is 4.79 Å². The smallest absolute Gasteiger partial charge is 0.139 e. The largest absolute Gasteiger partial charge is 0.299 e. The predicted octanol–water partition coefficient (Wildman–Crippen LogP) is 9.18. The van der Waals surface area contributed by atoms with Crippen molar-refractivity contribution in [2.75, 3.05) is 0 Å². The molecule has 0 aromatic carbocycles. The first-order chi connectivity index (χ1) is 13.9. The molecule has 2 rings (SSSR count). The van der Waals surface area contributed by atoms with Gasteiger partial charge in [-0.1, -0.05) is 128 Å². The molecule has 164 valence electrons. The summed E-state index contributed by atoms with van der Waals surface area (Å²) in [6.07, 6.45) is 32.3. The number of Topliss-reactive ketones (excluding diaryl/α,β-unsaturated/α-hetero) is 1. The van der Waals surface area contributed by atoms with Gasteiger partial charge in [0, 0.05) is 11.8 Å². The third-order valence-corrected chi connectivity index (χ3v) is 7.52. The highest BCUT2D eigenvalue weighted by atomic mass is 16.1. The van der Waals surface area contributed by atoms with Crippen molar-refractivity contribution in [3.05, 3.63) is 0 Å². The number of rotatable bonds is 2. The first-order valence-corrected chi connectivity index (χ1v) is 13.4. The van der Waals surface area contributed by atoms with Crippen molar-refractivity contribution in [3.8, 4) is 0 Å². The molecule has 0 heterocycles. The van der Waals surface area contributed by atoms with E-state index in [1.807, 2.05) is 0 Å². The monoisotopic (exact) mass is 390 g/mol. The van der Waals surface area contributed by atoms with E-state index < -0.39 is 0 Å². The maximum atomic E-state index is 13.5. The van der Waals surface area contributed by atoms with Gasteiger partial charge in [-0.2, -0.15) is 0 Å². The average molecular weight is 391 g/mol. The summed E-state index contributed by atoms with van der Waals surface area (Å²) in [5.74, 6) is 1.47. The predicted molar refractivity (Wildman–Crippen MR) is 123 cm³/mol. The van der Waals surface area contributed by atoms with Gasteiger partial charge in [0.15, 0.2) is 0 Å². The average Bonchev–Trinajstić information content (AvgIpc) is 2.75. The number of carbonyl (C=O) groups is 1. The highest BCUT2D eigenvalue weighted by Gasteiger charge is 2.26. The number of hydrogen-bond acceptors (Lipinski definition) is 1. The Morgan fingerprint density at radius 2 is 0.500 bits per heavy atom. The van der Waals surface area contributed by atoms with E-state index >= 15 is 0 Å². The van der Waals surface area contributed by atoms with Crippen molar-refractivity contribution in [2.24, 2.45) is 11.8 Å². The van der Waals surface area contributed by atoms with Crippen LogP contribution in [0.15, 0.2) is 0 Å². The molecule has 0 amide bonds. The lowest BCUT2D eigenvalue weighted by atomic mass is 9.80. The van der Waals surface area contributed by atoms with E-state index in [0.717, 1.165) is 0 Å². The summed E-state index contributed by atoms with van der Waals surface area (Å²) in [4.78, 5) is 13.5. The molecular weight excluding hydrogens is 340 g/mol. The van der Waals surface area contributed by atoms with Gasteiger partial charge in [-0.05, 0) is 25.7 Å². The summed E-state index contributed by atoms with van der Waals surface area (Å²) >= 11 is 0. The lowest BCUT2D eigenvalue weighted by Crippen LogP contribution is -2.24. The molecule has 1 heteroatoms. The van der Waals surface area contributed by atoms with Crippen molar-refractivity contribution in [3.63, 3.8) is 0 Å². The van der Waals surface area contributed by atoms with Gasteiger partial charge in [0.2, 0.25) is 0 Å². The zero-order valence-corrected chi connectivity index (χ0v) is 19.0. The quantitative estimate of drug-likeness (QED) is 0.459. The molecule has 2 aliphatic rings. The first-order valence-electron chi connectivity index (χ1n) is 13.4. The lowest BCUT2D eigenvalue weighted by molar-refractivity contribution is -0.128. The Labute approximate surface area is 176 Å². The van der Waals surface area contributed by atoms with Gasteiger partial charge in [-0.25, -0.2) is 0 Å². The van der Waals surface area contributed by atoms with Gasteiger partial charge < -0.3 is 0 Å². The van der Waals surface area contributed by atoms with E-state index in [0.29, 0.717) is 17.6 Å². The lowest BCUT2D eigenvalue weighted by Gasteiger charge is -2.23. The highest BCUT2D eigenvalue weighted by molar-refractivity contribution is 5.83. The van der Waals surface area contributed by atoms with Crippen LogP contribution in [0.2, 0.25) is 0 Å². The minimum absolute atomic E-state index is 0.390. The molecule has 0 N–H and O–H groups in total. The molecule has 0 atom stereocenters. The summed E-state index contributed by atoms with van der Waals surface area (Å²) in [5.41, 5.74) is 0. The molecule has 0 unspecified atom stereocenters. The molecular formula is C27H50O. The third kappa shape index (κ3) is 11.0. The molecule has 0 saturated heterocycles. The molecule has 0 radical (unpaired) electrons. The molecule has 28 heavy (non-hydrogen) atoms. The molecule has 0 spiro atoms. The van der Waals surface area contributed by atoms with Crippen molar-refractivity contribution in [2.45, 2.75) is 154 Å². The maximum absolute atomic E-state index is 13.5. The highest BCUT2D eigenvalue weighted by Crippen LogP contribution is 2.29. The van der Waals surface area contributed by atoms with Crippen LogP contribution < -0.4 is 0 Å². The fourth-order valence-corrected chi connectivity index (χ4v) is 5.58. The van der Waals surface area contributed by atoms with Gasteiger partial charge in [0.25, 0.3) is 0 Å². The topological polar surface area (TPSA) is 17.1 Å². The second-order valence-corrected chi connectivity index (χ2v) is 10.0. The summed E-state index contributed by atoms with van der Waals surface area (Å²) in [5, 5.41) is 0. The molecule has 0 bridgehead atoms. The SMILES string of the molecule is O=C(C1CCCCCCCCCCCC1)C1CCCCCCCCCCCC1. The summed E-state index contributed by atoms with van der Waals surface area (Å²) < 4.78 is 0. The zero-order chi connectivity index (χ0) is 19.7. The first kappa shape index (κ1) is 23.9. The fraction of sp³-hybridized carbons (Fsp3) is 0.963. The molecule has 0 aromatic heterocycles.